The molecule has 0 bridgehead atoms. The maximum absolute atomic E-state index is 3.86. The average molecular weight is 147 g/mol. The lowest BCUT2D eigenvalue weighted by Gasteiger charge is -1.71. The minimum absolute atomic E-state index is 0.816. The lowest BCUT2D eigenvalue weighted by Crippen LogP contribution is -1.57. The minimum atomic E-state index is 0.816. The molecular formula is C10H13N. The highest BCUT2D eigenvalue weighted by Gasteiger charge is 1.63. The van der Waals surface area contributed by atoms with Crippen LogP contribution in [0.2, 0.25) is 0 Å². The number of rotatable bonds is 2. The lowest BCUT2D eigenvalue weighted by molar-refractivity contribution is 1.44. The second-order valence-electron chi connectivity index (χ2n) is 1.82. The molecule has 0 unspecified atom stereocenters. The van der Waals surface area contributed by atoms with Crippen molar-refractivity contribution in [3.8, 4) is 11.8 Å². The van der Waals surface area contributed by atoms with Gasteiger partial charge in [0.15, 0.2) is 0 Å². The summed E-state index contributed by atoms with van der Waals surface area (Å²) in [4.78, 5) is 3.86. The van der Waals surface area contributed by atoms with E-state index in [4.69, 9.17) is 0 Å². The van der Waals surface area contributed by atoms with Crippen molar-refractivity contribution in [2.24, 2.45) is 4.99 Å². The molecule has 0 aliphatic heterocycles. The van der Waals surface area contributed by atoms with Crippen LogP contribution >= 0.6 is 0 Å². The van der Waals surface area contributed by atoms with Crippen molar-refractivity contribution in [3.05, 3.63) is 24.4 Å². The molecule has 0 saturated carbocycles. The molecule has 0 atom stereocenters. The van der Waals surface area contributed by atoms with E-state index in [2.05, 4.69) is 16.8 Å². The Morgan fingerprint density at radius 1 is 1.36 bits per heavy atom. The van der Waals surface area contributed by atoms with Gasteiger partial charge in [0.1, 0.15) is 0 Å². The number of hydrogen-bond acceptors (Lipinski definition) is 1. The van der Waals surface area contributed by atoms with Crippen molar-refractivity contribution >= 4 is 6.21 Å². The van der Waals surface area contributed by atoms with Crippen LogP contribution in [-0.4, -0.2) is 6.21 Å². The van der Waals surface area contributed by atoms with Gasteiger partial charge in [-0.25, -0.2) is 0 Å². The van der Waals surface area contributed by atoms with E-state index in [1.165, 1.54) is 0 Å². The summed E-state index contributed by atoms with van der Waals surface area (Å²) in [6.07, 6.45) is 9.97. The quantitative estimate of drug-likeness (QED) is 0.323. The summed E-state index contributed by atoms with van der Waals surface area (Å²) >= 11 is 0. The fourth-order valence-corrected chi connectivity index (χ4v) is 0.461. The van der Waals surface area contributed by atoms with Crippen LogP contribution in [0.3, 0.4) is 0 Å². The number of hydrogen-bond donors (Lipinski definition) is 0. The maximum atomic E-state index is 3.86. The van der Waals surface area contributed by atoms with Gasteiger partial charge >= 0.3 is 0 Å². The lowest BCUT2D eigenvalue weighted by atomic mass is 10.4. The minimum Gasteiger partial charge on any atom is -0.269 e. The van der Waals surface area contributed by atoms with E-state index >= 15 is 0 Å². The van der Waals surface area contributed by atoms with E-state index in [1.807, 2.05) is 26.0 Å². The molecule has 58 valence electrons. The first-order valence-corrected chi connectivity index (χ1v) is 3.64. The van der Waals surface area contributed by atoms with Crippen molar-refractivity contribution < 1.29 is 0 Å². The van der Waals surface area contributed by atoms with Crippen LogP contribution in [0.4, 0.5) is 0 Å². The van der Waals surface area contributed by atoms with Crippen LogP contribution in [0.15, 0.2) is 29.4 Å². The molecule has 0 aromatic carbocycles. The van der Waals surface area contributed by atoms with Crippen molar-refractivity contribution in [2.75, 3.05) is 0 Å². The van der Waals surface area contributed by atoms with Gasteiger partial charge in [0, 0.05) is 24.9 Å². The molecule has 0 aromatic rings. The third kappa shape index (κ3) is 8.71. The Morgan fingerprint density at radius 2 is 2.18 bits per heavy atom. The third-order valence-corrected chi connectivity index (χ3v) is 0.951. The molecule has 0 heterocycles. The standard InChI is InChI=1S/C10H13N/c1-3-5-6-7-8-9-10-11-4-2/h3-5,9-10H,6H2,1-2H3/b5-3-,10-9+,11-4-. The van der Waals surface area contributed by atoms with Crippen molar-refractivity contribution in [2.45, 2.75) is 20.3 Å². The molecule has 0 N–H and O–H groups in total. The number of nitrogens with zero attached hydrogens (tertiary/aromatic N) is 1. The van der Waals surface area contributed by atoms with Crippen LogP contribution in [0.25, 0.3) is 0 Å². The summed E-state index contributed by atoms with van der Waals surface area (Å²) in [5, 5.41) is 0. The van der Waals surface area contributed by atoms with Gasteiger partial charge in [0.05, 0.1) is 0 Å². The monoisotopic (exact) mass is 147 g/mol. The molecule has 0 saturated heterocycles. The molecule has 1 nitrogen and oxygen atoms in total. The van der Waals surface area contributed by atoms with E-state index in [1.54, 1.807) is 18.5 Å². The van der Waals surface area contributed by atoms with Gasteiger partial charge in [-0.05, 0) is 13.8 Å². The summed E-state index contributed by atoms with van der Waals surface area (Å²) < 4.78 is 0. The second-order valence-corrected chi connectivity index (χ2v) is 1.82. The molecule has 0 radical (unpaired) electrons. The zero-order chi connectivity index (χ0) is 8.36. The van der Waals surface area contributed by atoms with E-state index in [0.717, 1.165) is 6.42 Å². The van der Waals surface area contributed by atoms with Crippen LogP contribution in [0.5, 0.6) is 0 Å². The summed E-state index contributed by atoms with van der Waals surface area (Å²) in [6.45, 7) is 3.86. The molecule has 11 heavy (non-hydrogen) atoms. The number of allylic oxidation sites excluding steroid dienone is 3. The van der Waals surface area contributed by atoms with Crippen molar-refractivity contribution in [1.29, 1.82) is 0 Å². The molecule has 0 fully saturated rings. The Morgan fingerprint density at radius 3 is 2.82 bits per heavy atom. The number of aliphatic imine (C=N–C) groups is 1. The van der Waals surface area contributed by atoms with E-state index in [9.17, 15) is 0 Å². The SMILES string of the molecule is C/C=C\CC#C/C=C/N=C\C. The fourth-order valence-electron chi connectivity index (χ4n) is 0.461. The van der Waals surface area contributed by atoms with Crippen molar-refractivity contribution in [3.63, 3.8) is 0 Å². The molecule has 0 rings (SSSR count). The zero-order valence-electron chi connectivity index (χ0n) is 7.04. The van der Waals surface area contributed by atoms with E-state index in [-0.39, 0.29) is 0 Å². The molecule has 0 spiro atoms. The molecular weight excluding hydrogens is 134 g/mol. The van der Waals surface area contributed by atoms with Gasteiger partial charge in [0.25, 0.3) is 0 Å². The summed E-state index contributed by atoms with van der Waals surface area (Å²) in [6, 6.07) is 0. The van der Waals surface area contributed by atoms with Gasteiger partial charge in [-0.3, -0.25) is 4.99 Å². The molecule has 0 amide bonds. The highest BCUT2D eigenvalue weighted by molar-refractivity contribution is 5.54. The van der Waals surface area contributed by atoms with Crippen LogP contribution in [0.1, 0.15) is 20.3 Å². The van der Waals surface area contributed by atoms with E-state index < -0.39 is 0 Å². The van der Waals surface area contributed by atoms with Crippen LogP contribution in [-0.2, 0) is 0 Å². The maximum Gasteiger partial charge on any atom is 0.0347 e. The first kappa shape index (κ1) is 9.71. The third-order valence-electron chi connectivity index (χ3n) is 0.951. The van der Waals surface area contributed by atoms with Crippen LogP contribution < -0.4 is 0 Å². The van der Waals surface area contributed by atoms with Gasteiger partial charge in [-0.2, -0.15) is 0 Å². The molecule has 0 aliphatic carbocycles. The Bertz CT molecular complexity index is 211. The van der Waals surface area contributed by atoms with E-state index in [0.29, 0.717) is 0 Å². The smallest absolute Gasteiger partial charge is 0.0347 e. The first-order valence-electron chi connectivity index (χ1n) is 3.64. The van der Waals surface area contributed by atoms with Gasteiger partial charge in [-0.1, -0.05) is 24.0 Å². The summed E-state index contributed by atoms with van der Waals surface area (Å²) in [7, 11) is 0. The topological polar surface area (TPSA) is 12.4 Å². The van der Waals surface area contributed by atoms with Gasteiger partial charge in [0.2, 0.25) is 0 Å². The second kappa shape index (κ2) is 8.71. The Balaban J connectivity index is 3.55. The Labute approximate surface area is 68.5 Å². The highest BCUT2D eigenvalue weighted by Crippen LogP contribution is 1.78. The Hall–Kier alpha value is -1.29. The highest BCUT2D eigenvalue weighted by atomic mass is 14.6. The normalized spacial score (nSPS) is 11.1. The predicted molar refractivity (Wildman–Crippen MR) is 50.5 cm³/mol. The predicted octanol–water partition coefficient (Wildman–Crippen LogP) is 2.56. The first-order chi connectivity index (χ1) is 5.41. The Kier molecular flexibility index (Phi) is 7.69. The summed E-state index contributed by atoms with van der Waals surface area (Å²) in [5.74, 6) is 5.81. The molecule has 1 heteroatoms. The molecule has 0 aliphatic rings. The van der Waals surface area contributed by atoms with Gasteiger partial charge < -0.3 is 0 Å². The zero-order valence-corrected chi connectivity index (χ0v) is 7.04. The fraction of sp³-hybridized carbons (Fsp3) is 0.300. The van der Waals surface area contributed by atoms with Gasteiger partial charge in [-0.15, -0.1) is 0 Å². The summed E-state index contributed by atoms with van der Waals surface area (Å²) in [5.41, 5.74) is 0. The largest absolute Gasteiger partial charge is 0.269 e. The van der Waals surface area contributed by atoms with Crippen LogP contribution in [0, 0.1) is 11.8 Å². The van der Waals surface area contributed by atoms with Crippen molar-refractivity contribution in [1.82, 2.24) is 0 Å². The molecule has 0 aromatic heterocycles. The average Bonchev–Trinajstić information content (AvgIpc) is 2.03.